The van der Waals surface area contributed by atoms with Crippen molar-refractivity contribution in [3.05, 3.63) is 70.7 Å². The summed E-state index contributed by atoms with van der Waals surface area (Å²) in [7, 11) is 0. The van der Waals surface area contributed by atoms with Crippen molar-refractivity contribution in [3.63, 3.8) is 0 Å². The Balaban J connectivity index is 1.50. The summed E-state index contributed by atoms with van der Waals surface area (Å²) in [4.78, 5) is 24.5. The molecule has 2 unspecified atom stereocenters. The van der Waals surface area contributed by atoms with Crippen molar-refractivity contribution in [1.82, 2.24) is 9.88 Å². The Kier molecular flexibility index (Phi) is 6.87. The normalized spacial score (nSPS) is 16.7. The monoisotopic (exact) mass is 490 g/mol. The lowest BCUT2D eigenvalue weighted by molar-refractivity contribution is -0.141. The Morgan fingerprint density at radius 3 is 2.66 bits per heavy atom. The molecular formula is C26H26F4N2O3. The first-order chi connectivity index (χ1) is 16.6. The smallest absolute Gasteiger partial charge is 0.416 e. The van der Waals surface area contributed by atoms with E-state index in [0.29, 0.717) is 42.1 Å². The zero-order valence-corrected chi connectivity index (χ0v) is 19.2. The molecule has 0 fully saturated rings. The van der Waals surface area contributed by atoms with Gasteiger partial charge >= 0.3 is 12.1 Å². The summed E-state index contributed by atoms with van der Waals surface area (Å²) in [6.07, 6.45) is -2.32. The van der Waals surface area contributed by atoms with Gasteiger partial charge in [-0.15, -0.1) is 0 Å². The molecule has 35 heavy (non-hydrogen) atoms. The van der Waals surface area contributed by atoms with E-state index in [1.807, 2.05) is 0 Å². The van der Waals surface area contributed by atoms with Gasteiger partial charge in [0.1, 0.15) is 11.9 Å². The SMILES string of the molecule is CCC(C(=O)O)n1c2c(c3cc(F)ccc31)CC(NC(=O)CCc1cccc(C(F)(F)F)c1)CC2. The van der Waals surface area contributed by atoms with Gasteiger partial charge in [-0.3, -0.25) is 4.79 Å². The highest BCUT2D eigenvalue weighted by Crippen LogP contribution is 2.36. The minimum Gasteiger partial charge on any atom is -0.480 e. The number of fused-ring (bicyclic) bond motifs is 3. The van der Waals surface area contributed by atoms with Crippen LogP contribution in [0.5, 0.6) is 0 Å². The standard InChI is InChI=1S/C26H26F4N2O3/c1-2-21(25(34)35)32-22-9-7-17(27)13-19(22)20-14-18(8-10-23(20)32)31-24(33)11-6-15-4-3-5-16(12-15)26(28,29)30/h3-5,7,9,12-13,18,21H,2,6,8,10-11,14H2,1H3,(H,31,33)(H,34,35). The number of hydrogen-bond acceptors (Lipinski definition) is 2. The van der Waals surface area contributed by atoms with E-state index in [9.17, 15) is 32.3 Å². The molecular weight excluding hydrogens is 464 g/mol. The van der Waals surface area contributed by atoms with Gasteiger partial charge in [0.05, 0.1) is 5.56 Å². The van der Waals surface area contributed by atoms with Crippen molar-refractivity contribution in [2.45, 2.75) is 63.7 Å². The highest BCUT2D eigenvalue weighted by Gasteiger charge is 2.32. The molecule has 3 aromatic rings. The lowest BCUT2D eigenvalue weighted by atomic mass is 9.91. The van der Waals surface area contributed by atoms with Gasteiger partial charge in [-0.05, 0) is 67.5 Å². The number of aliphatic carboxylic acids is 1. The molecule has 0 aliphatic heterocycles. The molecule has 1 aromatic heterocycles. The van der Waals surface area contributed by atoms with E-state index in [-0.39, 0.29) is 24.8 Å². The molecule has 1 heterocycles. The van der Waals surface area contributed by atoms with Crippen LogP contribution in [0.2, 0.25) is 0 Å². The van der Waals surface area contributed by atoms with E-state index >= 15 is 0 Å². The molecule has 2 atom stereocenters. The van der Waals surface area contributed by atoms with Gasteiger partial charge in [0.15, 0.2) is 0 Å². The van der Waals surface area contributed by atoms with Crippen molar-refractivity contribution < 1.29 is 32.3 Å². The molecule has 0 bridgehead atoms. The maximum atomic E-state index is 14.1. The molecule has 5 nitrogen and oxygen atoms in total. The van der Waals surface area contributed by atoms with Crippen LogP contribution in [0.15, 0.2) is 42.5 Å². The van der Waals surface area contributed by atoms with Crippen LogP contribution in [0.3, 0.4) is 0 Å². The summed E-state index contributed by atoms with van der Waals surface area (Å²) < 4.78 is 54.6. The minimum absolute atomic E-state index is 0.0397. The summed E-state index contributed by atoms with van der Waals surface area (Å²) in [5, 5.41) is 13.3. The predicted molar refractivity (Wildman–Crippen MR) is 123 cm³/mol. The molecule has 1 amide bonds. The summed E-state index contributed by atoms with van der Waals surface area (Å²) in [5.41, 5.74) is 2.01. The van der Waals surface area contributed by atoms with Crippen molar-refractivity contribution in [2.24, 2.45) is 0 Å². The summed E-state index contributed by atoms with van der Waals surface area (Å²) in [6, 6.07) is 8.24. The molecule has 2 N–H and O–H groups in total. The highest BCUT2D eigenvalue weighted by molar-refractivity contribution is 5.88. The summed E-state index contributed by atoms with van der Waals surface area (Å²) in [5.74, 6) is -1.66. The number of rotatable bonds is 7. The van der Waals surface area contributed by atoms with Gasteiger partial charge in [-0.1, -0.05) is 25.1 Å². The quantitative estimate of drug-likeness (QED) is 0.433. The zero-order chi connectivity index (χ0) is 25.3. The van der Waals surface area contributed by atoms with Gasteiger partial charge in [0, 0.05) is 29.1 Å². The lowest BCUT2D eigenvalue weighted by Gasteiger charge is -2.26. The van der Waals surface area contributed by atoms with Crippen LogP contribution in [-0.2, 0) is 35.0 Å². The van der Waals surface area contributed by atoms with Crippen molar-refractivity contribution in [1.29, 1.82) is 0 Å². The average Bonchev–Trinajstić information content (AvgIpc) is 3.10. The maximum absolute atomic E-state index is 14.1. The number of amides is 1. The molecule has 1 aliphatic rings. The third-order valence-corrected chi connectivity index (χ3v) is 6.61. The fourth-order valence-electron chi connectivity index (χ4n) is 4.97. The number of carboxylic acid groups (broad SMARTS) is 1. The Labute approximate surface area is 199 Å². The number of nitrogens with one attached hydrogen (secondary N) is 1. The Hall–Kier alpha value is -3.36. The molecule has 0 saturated heterocycles. The number of carbonyl (C=O) groups excluding carboxylic acids is 1. The first-order valence-corrected chi connectivity index (χ1v) is 11.6. The molecule has 2 aromatic carbocycles. The first-order valence-electron chi connectivity index (χ1n) is 11.6. The van der Waals surface area contributed by atoms with Crippen molar-refractivity contribution >= 4 is 22.8 Å². The first kappa shape index (κ1) is 24.8. The van der Waals surface area contributed by atoms with Gasteiger partial charge in [-0.25, -0.2) is 9.18 Å². The Morgan fingerprint density at radius 1 is 1.20 bits per heavy atom. The molecule has 0 radical (unpaired) electrons. The second-order valence-electron chi connectivity index (χ2n) is 8.92. The fourth-order valence-corrected chi connectivity index (χ4v) is 4.97. The number of benzene rings is 2. The summed E-state index contributed by atoms with van der Waals surface area (Å²) >= 11 is 0. The number of aromatic nitrogens is 1. The van der Waals surface area contributed by atoms with E-state index in [4.69, 9.17) is 0 Å². The number of carboxylic acids is 1. The van der Waals surface area contributed by atoms with Crippen LogP contribution < -0.4 is 5.32 Å². The molecule has 9 heteroatoms. The van der Waals surface area contributed by atoms with Crippen molar-refractivity contribution in [2.75, 3.05) is 0 Å². The predicted octanol–water partition coefficient (Wildman–Crippen LogP) is 5.44. The highest BCUT2D eigenvalue weighted by atomic mass is 19.4. The zero-order valence-electron chi connectivity index (χ0n) is 19.2. The number of halogens is 4. The van der Waals surface area contributed by atoms with Gasteiger partial charge in [0.25, 0.3) is 0 Å². The minimum atomic E-state index is -4.44. The summed E-state index contributed by atoms with van der Waals surface area (Å²) in [6.45, 7) is 1.79. The molecule has 4 rings (SSSR count). The lowest BCUT2D eigenvalue weighted by Crippen LogP contribution is -2.39. The molecule has 1 aliphatic carbocycles. The fraction of sp³-hybridized carbons (Fsp3) is 0.385. The Bertz CT molecular complexity index is 1270. The van der Waals surface area contributed by atoms with Crippen LogP contribution in [0, 0.1) is 5.82 Å². The Morgan fingerprint density at radius 2 is 1.97 bits per heavy atom. The molecule has 0 saturated carbocycles. The number of carbonyl (C=O) groups is 2. The van der Waals surface area contributed by atoms with E-state index in [1.54, 1.807) is 23.6 Å². The number of nitrogens with zero attached hydrogens (tertiary/aromatic N) is 1. The van der Waals surface area contributed by atoms with Gasteiger partial charge < -0.3 is 15.0 Å². The third kappa shape index (κ3) is 5.18. The van der Waals surface area contributed by atoms with Crippen LogP contribution in [0.1, 0.15) is 54.6 Å². The molecule has 0 spiro atoms. The van der Waals surface area contributed by atoms with E-state index in [2.05, 4.69) is 5.32 Å². The number of aryl methyl sites for hydroxylation is 1. The number of hydrogen-bond donors (Lipinski definition) is 2. The van der Waals surface area contributed by atoms with E-state index < -0.39 is 29.6 Å². The molecule has 186 valence electrons. The van der Waals surface area contributed by atoms with Crippen LogP contribution in [0.25, 0.3) is 10.9 Å². The second-order valence-corrected chi connectivity index (χ2v) is 8.92. The van der Waals surface area contributed by atoms with Crippen LogP contribution in [0.4, 0.5) is 17.6 Å². The van der Waals surface area contributed by atoms with Gasteiger partial charge in [-0.2, -0.15) is 13.2 Å². The van der Waals surface area contributed by atoms with Crippen LogP contribution >= 0.6 is 0 Å². The number of alkyl halides is 3. The van der Waals surface area contributed by atoms with E-state index in [0.717, 1.165) is 23.4 Å². The second kappa shape index (κ2) is 9.71. The van der Waals surface area contributed by atoms with E-state index in [1.165, 1.54) is 18.2 Å². The average molecular weight is 490 g/mol. The van der Waals surface area contributed by atoms with Crippen LogP contribution in [-0.4, -0.2) is 27.6 Å². The largest absolute Gasteiger partial charge is 0.480 e. The maximum Gasteiger partial charge on any atom is 0.416 e. The topological polar surface area (TPSA) is 71.3 Å². The third-order valence-electron chi connectivity index (χ3n) is 6.61. The van der Waals surface area contributed by atoms with Crippen molar-refractivity contribution in [3.8, 4) is 0 Å². The van der Waals surface area contributed by atoms with Gasteiger partial charge in [0.2, 0.25) is 5.91 Å².